The van der Waals surface area contributed by atoms with Crippen LogP contribution in [-0.4, -0.2) is 67.0 Å². The van der Waals surface area contributed by atoms with Gasteiger partial charge in [0, 0.05) is 32.2 Å². The third-order valence-electron chi connectivity index (χ3n) is 5.95. The standard InChI is InChI=1S/C23H35N3O3/c1-2-13-25-15-10-20(11-16-25)24-23(28)19-7-6-14-26(18-19)22(27)12-17-29-21-8-4-3-5-9-21/h3-5,8-9,19-20H,2,6-7,10-18H2,1H3,(H,24,28). The molecule has 1 atom stereocenters. The molecule has 2 fully saturated rings. The van der Waals surface area contributed by atoms with Crippen molar-refractivity contribution in [1.82, 2.24) is 15.1 Å². The Bertz CT molecular complexity index is 644. The first-order valence-corrected chi connectivity index (χ1v) is 11.1. The van der Waals surface area contributed by atoms with Gasteiger partial charge in [0.25, 0.3) is 0 Å². The average Bonchev–Trinajstić information content (AvgIpc) is 2.76. The fourth-order valence-corrected chi connectivity index (χ4v) is 4.28. The fourth-order valence-electron chi connectivity index (χ4n) is 4.28. The van der Waals surface area contributed by atoms with Gasteiger partial charge in [-0.25, -0.2) is 0 Å². The van der Waals surface area contributed by atoms with Crippen molar-refractivity contribution in [3.05, 3.63) is 30.3 Å². The normalized spacial score (nSPS) is 21.0. The smallest absolute Gasteiger partial charge is 0.226 e. The molecule has 160 valence electrons. The van der Waals surface area contributed by atoms with E-state index < -0.39 is 0 Å². The molecule has 0 aromatic heterocycles. The predicted molar refractivity (Wildman–Crippen MR) is 114 cm³/mol. The number of ether oxygens (including phenoxy) is 1. The van der Waals surface area contributed by atoms with Gasteiger partial charge in [0.1, 0.15) is 5.75 Å². The van der Waals surface area contributed by atoms with Crippen molar-refractivity contribution in [1.29, 1.82) is 0 Å². The van der Waals surface area contributed by atoms with E-state index in [4.69, 9.17) is 4.74 Å². The van der Waals surface area contributed by atoms with E-state index in [1.165, 1.54) is 6.42 Å². The van der Waals surface area contributed by atoms with Gasteiger partial charge < -0.3 is 19.9 Å². The molecule has 2 aliphatic rings. The minimum Gasteiger partial charge on any atom is -0.493 e. The van der Waals surface area contributed by atoms with Gasteiger partial charge in [-0.1, -0.05) is 25.1 Å². The van der Waals surface area contributed by atoms with Gasteiger partial charge in [-0.2, -0.15) is 0 Å². The van der Waals surface area contributed by atoms with Crippen LogP contribution in [0, 0.1) is 5.92 Å². The summed E-state index contributed by atoms with van der Waals surface area (Å²) in [5, 5.41) is 3.25. The van der Waals surface area contributed by atoms with Crippen LogP contribution in [0.2, 0.25) is 0 Å². The Morgan fingerprint density at radius 2 is 1.86 bits per heavy atom. The van der Waals surface area contributed by atoms with Crippen LogP contribution in [0.3, 0.4) is 0 Å². The molecular formula is C23H35N3O3. The van der Waals surface area contributed by atoms with Gasteiger partial charge in [-0.3, -0.25) is 9.59 Å². The second kappa shape index (κ2) is 11.2. The van der Waals surface area contributed by atoms with Gasteiger partial charge in [0.2, 0.25) is 11.8 Å². The lowest BCUT2D eigenvalue weighted by atomic mass is 9.95. The van der Waals surface area contributed by atoms with Crippen LogP contribution in [0.5, 0.6) is 5.75 Å². The maximum atomic E-state index is 12.8. The van der Waals surface area contributed by atoms with E-state index in [0.29, 0.717) is 19.6 Å². The number of carbonyl (C=O) groups excluding carboxylic acids is 2. The minimum atomic E-state index is -0.0867. The van der Waals surface area contributed by atoms with Crippen molar-refractivity contribution < 1.29 is 14.3 Å². The van der Waals surface area contributed by atoms with Crippen molar-refractivity contribution in [2.45, 2.75) is 51.5 Å². The van der Waals surface area contributed by atoms with E-state index in [-0.39, 0.29) is 23.8 Å². The van der Waals surface area contributed by atoms with Crippen LogP contribution in [0.25, 0.3) is 0 Å². The molecule has 6 heteroatoms. The van der Waals surface area contributed by atoms with Crippen LogP contribution >= 0.6 is 0 Å². The van der Waals surface area contributed by atoms with Crippen molar-refractivity contribution in [2.75, 3.05) is 39.3 Å². The molecule has 6 nitrogen and oxygen atoms in total. The van der Waals surface area contributed by atoms with E-state index in [1.807, 2.05) is 35.2 Å². The first kappa shape index (κ1) is 21.6. The summed E-state index contributed by atoms with van der Waals surface area (Å²) in [4.78, 5) is 29.6. The Balaban J connectivity index is 1.39. The number of nitrogens with one attached hydrogen (secondary N) is 1. The number of para-hydroxylation sites is 1. The molecule has 1 aromatic rings. The van der Waals surface area contributed by atoms with Gasteiger partial charge >= 0.3 is 0 Å². The Morgan fingerprint density at radius 1 is 1.10 bits per heavy atom. The summed E-state index contributed by atoms with van der Waals surface area (Å²) in [6.07, 6.45) is 5.33. The van der Waals surface area contributed by atoms with Crippen molar-refractivity contribution in [3.63, 3.8) is 0 Å². The Morgan fingerprint density at radius 3 is 2.59 bits per heavy atom. The molecule has 2 heterocycles. The highest BCUT2D eigenvalue weighted by Gasteiger charge is 2.30. The van der Waals surface area contributed by atoms with Crippen LogP contribution in [0.15, 0.2) is 30.3 Å². The molecule has 0 saturated carbocycles. The minimum absolute atomic E-state index is 0.0753. The van der Waals surface area contributed by atoms with Crippen molar-refractivity contribution in [3.8, 4) is 5.75 Å². The Labute approximate surface area is 174 Å². The molecule has 29 heavy (non-hydrogen) atoms. The molecule has 2 saturated heterocycles. The quantitative estimate of drug-likeness (QED) is 0.728. The molecule has 0 bridgehead atoms. The highest BCUT2D eigenvalue weighted by Crippen LogP contribution is 2.19. The first-order chi connectivity index (χ1) is 14.2. The lowest BCUT2D eigenvalue weighted by Gasteiger charge is -2.35. The number of rotatable bonds is 8. The molecule has 2 aliphatic heterocycles. The van der Waals surface area contributed by atoms with Gasteiger partial charge in [-0.15, -0.1) is 0 Å². The maximum Gasteiger partial charge on any atom is 0.226 e. The van der Waals surface area contributed by atoms with E-state index in [2.05, 4.69) is 17.1 Å². The molecule has 0 spiro atoms. The molecular weight excluding hydrogens is 366 g/mol. The summed E-state index contributed by atoms with van der Waals surface area (Å²) in [6.45, 7) is 7.12. The van der Waals surface area contributed by atoms with Gasteiger partial charge in [0.15, 0.2) is 0 Å². The second-order valence-electron chi connectivity index (χ2n) is 8.21. The van der Waals surface area contributed by atoms with Crippen molar-refractivity contribution in [2.24, 2.45) is 5.92 Å². The summed E-state index contributed by atoms with van der Waals surface area (Å²) in [6, 6.07) is 9.82. The van der Waals surface area contributed by atoms with Crippen molar-refractivity contribution >= 4 is 11.8 Å². The summed E-state index contributed by atoms with van der Waals surface area (Å²) in [7, 11) is 0. The van der Waals surface area contributed by atoms with E-state index >= 15 is 0 Å². The Kier molecular flexibility index (Phi) is 8.35. The highest BCUT2D eigenvalue weighted by molar-refractivity contribution is 5.81. The second-order valence-corrected chi connectivity index (χ2v) is 8.21. The number of nitrogens with zero attached hydrogens (tertiary/aromatic N) is 2. The topological polar surface area (TPSA) is 61.9 Å². The van der Waals surface area contributed by atoms with Crippen LogP contribution in [-0.2, 0) is 9.59 Å². The summed E-state index contributed by atoms with van der Waals surface area (Å²) >= 11 is 0. The third kappa shape index (κ3) is 6.74. The summed E-state index contributed by atoms with van der Waals surface area (Å²) in [5.74, 6) is 0.890. The first-order valence-electron chi connectivity index (χ1n) is 11.1. The molecule has 0 radical (unpaired) electrons. The van der Waals surface area contributed by atoms with E-state index in [1.54, 1.807) is 0 Å². The SMILES string of the molecule is CCCN1CCC(NC(=O)C2CCCN(C(=O)CCOc3ccccc3)C2)CC1. The average molecular weight is 402 g/mol. The lowest BCUT2D eigenvalue weighted by Crippen LogP contribution is -2.50. The van der Waals surface area contributed by atoms with E-state index in [0.717, 1.165) is 57.6 Å². The molecule has 1 aromatic carbocycles. The molecule has 1 N–H and O–H groups in total. The zero-order chi connectivity index (χ0) is 20.5. The number of piperidine rings is 2. The predicted octanol–water partition coefficient (Wildman–Crippen LogP) is 2.68. The third-order valence-corrected chi connectivity index (χ3v) is 5.95. The van der Waals surface area contributed by atoms with Crippen LogP contribution in [0.4, 0.5) is 0 Å². The highest BCUT2D eigenvalue weighted by atomic mass is 16.5. The number of carbonyl (C=O) groups is 2. The van der Waals surface area contributed by atoms with E-state index in [9.17, 15) is 9.59 Å². The molecule has 0 aliphatic carbocycles. The monoisotopic (exact) mass is 401 g/mol. The molecule has 3 rings (SSSR count). The van der Waals surface area contributed by atoms with Gasteiger partial charge in [-0.05, 0) is 50.8 Å². The number of hydrogen-bond acceptors (Lipinski definition) is 4. The number of likely N-dealkylation sites (tertiary alicyclic amines) is 2. The van der Waals surface area contributed by atoms with Crippen LogP contribution in [0.1, 0.15) is 45.4 Å². The maximum absolute atomic E-state index is 12.8. The number of benzene rings is 1. The number of hydrogen-bond donors (Lipinski definition) is 1. The fraction of sp³-hybridized carbons (Fsp3) is 0.652. The Hall–Kier alpha value is -2.08. The number of amides is 2. The van der Waals surface area contributed by atoms with Gasteiger partial charge in [0.05, 0.1) is 18.9 Å². The summed E-state index contributed by atoms with van der Waals surface area (Å²) in [5.41, 5.74) is 0. The summed E-state index contributed by atoms with van der Waals surface area (Å²) < 4.78 is 5.64. The largest absolute Gasteiger partial charge is 0.493 e. The van der Waals surface area contributed by atoms with Crippen LogP contribution < -0.4 is 10.1 Å². The molecule has 2 amide bonds. The zero-order valence-electron chi connectivity index (χ0n) is 17.6. The zero-order valence-corrected chi connectivity index (χ0v) is 17.6. The molecule has 1 unspecified atom stereocenters. The lowest BCUT2D eigenvalue weighted by molar-refractivity contribution is -0.136.